The molecule has 6 heteroatoms. The first kappa shape index (κ1) is 14.0. The van der Waals surface area contributed by atoms with E-state index in [1.807, 2.05) is 13.0 Å². The molecule has 0 saturated carbocycles. The molecular formula is C14H17N3O3. The molecule has 0 amide bonds. The molecule has 6 nitrogen and oxygen atoms in total. The van der Waals surface area contributed by atoms with Gasteiger partial charge in [-0.05, 0) is 25.5 Å². The first-order chi connectivity index (χ1) is 9.61. The lowest BCUT2D eigenvalue weighted by Crippen LogP contribution is -2.10. The van der Waals surface area contributed by atoms with Crippen LogP contribution < -0.4 is 4.74 Å². The fraction of sp³-hybridized carbons (Fsp3) is 0.357. The highest BCUT2D eigenvalue weighted by molar-refractivity contribution is 5.91. The average Bonchev–Trinajstić information content (AvgIpc) is 2.85. The molecule has 1 aromatic carbocycles. The van der Waals surface area contributed by atoms with Gasteiger partial charge in [0.25, 0.3) is 0 Å². The summed E-state index contributed by atoms with van der Waals surface area (Å²) in [4.78, 5) is 15.3. The molecule has 0 aliphatic heterocycles. The van der Waals surface area contributed by atoms with Crippen molar-refractivity contribution in [3.05, 3.63) is 41.5 Å². The second kappa shape index (κ2) is 6.18. The Balaban J connectivity index is 2.14. The molecule has 20 heavy (non-hydrogen) atoms. The van der Waals surface area contributed by atoms with Gasteiger partial charge in [-0.15, -0.1) is 0 Å². The van der Waals surface area contributed by atoms with Crippen LogP contribution in [0.1, 0.15) is 35.1 Å². The molecule has 2 aromatic rings. The Kier molecular flexibility index (Phi) is 4.34. The lowest BCUT2D eigenvalue weighted by Gasteiger charge is -2.10. The van der Waals surface area contributed by atoms with E-state index in [0.29, 0.717) is 11.6 Å². The number of aryl methyl sites for hydroxylation is 2. The van der Waals surface area contributed by atoms with Crippen LogP contribution in [0.15, 0.2) is 24.5 Å². The summed E-state index contributed by atoms with van der Waals surface area (Å²) in [5.74, 6) is 0.0247. The topological polar surface area (TPSA) is 77.2 Å². The van der Waals surface area contributed by atoms with E-state index >= 15 is 0 Å². The van der Waals surface area contributed by atoms with Crippen molar-refractivity contribution in [1.29, 1.82) is 0 Å². The molecule has 0 aliphatic rings. The normalized spacial score (nSPS) is 10.5. The average molecular weight is 275 g/mol. The Hall–Kier alpha value is -2.37. The predicted molar refractivity (Wildman–Crippen MR) is 72.8 cm³/mol. The van der Waals surface area contributed by atoms with E-state index in [-0.39, 0.29) is 12.2 Å². The summed E-state index contributed by atoms with van der Waals surface area (Å²) in [6.45, 7) is 4.85. The third kappa shape index (κ3) is 3.14. The van der Waals surface area contributed by atoms with Crippen molar-refractivity contribution in [3.8, 4) is 5.75 Å². The van der Waals surface area contributed by atoms with Gasteiger partial charge >= 0.3 is 5.97 Å². The molecule has 1 N–H and O–H groups in total. The van der Waals surface area contributed by atoms with Crippen molar-refractivity contribution in [1.82, 2.24) is 14.8 Å². The Morgan fingerprint density at radius 3 is 2.95 bits per heavy atom. The number of hydrogen-bond donors (Lipinski definition) is 1. The van der Waals surface area contributed by atoms with Crippen LogP contribution >= 0.6 is 0 Å². The molecule has 0 spiro atoms. The number of carbonyl (C=O) groups is 1. The summed E-state index contributed by atoms with van der Waals surface area (Å²) in [5, 5.41) is 13.3. The zero-order valence-electron chi connectivity index (χ0n) is 11.5. The molecule has 1 heterocycles. The van der Waals surface area contributed by atoms with E-state index in [0.717, 1.165) is 18.5 Å². The van der Waals surface area contributed by atoms with Gasteiger partial charge in [-0.1, -0.05) is 18.6 Å². The number of carboxylic acid groups (broad SMARTS) is 1. The van der Waals surface area contributed by atoms with E-state index in [2.05, 4.69) is 17.0 Å². The van der Waals surface area contributed by atoms with Gasteiger partial charge in [0.15, 0.2) is 5.82 Å². The number of carboxylic acids is 1. The predicted octanol–water partition coefficient (Wildman–Crippen LogP) is 2.27. The summed E-state index contributed by atoms with van der Waals surface area (Å²) in [6, 6.07) is 5.08. The van der Waals surface area contributed by atoms with E-state index < -0.39 is 5.97 Å². The molecule has 0 unspecified atom stereocenters. The number of ether oxygens (including phenoxy) is 1. The van der Waals surface area contributed by atoms with Gasteiger partial charge in [-0.3, -0.25) is 0 Å². The molecule has 0 bridgehead atoms. The molecule has 106 valence electrons. The zero-order valence-corrected chi connectivity index (χ0v) is 11.5. The third-order valence-corrected chi connectivity index (χ3v) is 2.85. The van der Waals surface area contributed by atoms with Crippen LogP contribution in [0.4, 0.5) is 0 Å². The molecule has 0 aliphatic carbocycles. The van der Waals surface area contributed by atoms with E-state index in [9.17, 15) is 9.90 Å². The van der Waals surface area contributed by atoms with Crippen LogP contribution in [0.5, 0.6) is 5.75 Å². The fourth-order valence-electron chi connectivity index (χ4n) is 1.88. The van der Waals surface area contributed by atoms with Crippen molar-refractivity contribution >= 4 is 5.97 Å². The van der Waals surface area contributed by atoms with Crippen LogP contribution in [0.25, 0.3) is 0 Å². The zero-order chi connectivity index (χ0) is 14.5. The summed E-state index contributed by atoms with van der Waals surface area (Å²) >= 11 is 0. The third-order valence-electron chi connectivity index (χ3n) is 2.85. The first-order valence-electron chi connectivity index (χ1n) is 6.45. The highest BCUT2D eigenvalue weighted by atomic mass is 16.5. The van der Waals surface area contributed by atoms with Crippen LogP contribution in [0.3, 0.4) is 0 Å². The standard InChI is InChI=1S/C14H17N3O3/c1-3-6-17-13(15-9-16-17)8-20-12-5-4-10(2)7-11(12)14(18)19/h4-5,7,9H,3,6,8H2,1-2H3,(H,18,19). The van der Waals surface area contributed by atoms with Crippen LogP contribution in [0, 0.1) is 6.92 Å². The SMILES string of the molecule is CCCn1ncnc1COc1ccc(C)cc1C(=O)O. The van der Waals surface area contributed by atoms with Gasteiger partial charge in [0, 0.05) is 6.54 Å². The van der Waals surface area contributed by atoms with Crippen molar-refractivity contribution < 1.29 is 14.6 Å². The largest absolute Gasteiger partial charge is 0.485 e. The maximum Gasteiger partial charge on any atom is 0.339 e. The molecule has 1 aromatic heterocycles. The van der Waals surface area contributed by atoms with Crippen molar-refractivity contribution in [3.63, 3.8) is 0 Å². The molecule has 0 saturated heterocycles. The minimum absolute atomic E-state index is 0.159. The van der Waals surface area contributed by atoms with E-state index in [1.54, 1.807) is 16.8 Å². The van der Waals surface area contributed by atoms with Gasteiger partial charge in [0.2, 0.25) is 0 Å². The molecule has 0 fully saturated rings. The van der Waals surface area contributed by atoms with Gasteiger partial charge in [-0.2, -0.15) is 5.10 Å². The van der Waals surface area contributed by atoms with E-state index in [1.165, 1.54) is 6.33 Å². The van der Waals surface area contributed by atoms with Crippen LogP contribution in [0.2, 0.25) is 0 Å². The summed E-state index contributed by atoms with van der Waals surface area (Å²) in [5.41, 5.74) is 1.04. The van der Waals surface area contributed by atoms with Crippen LogP contribution in [-0.4, -0.2) is 25.8 Å². The number of aromatic carboxylic acids is 1. The lowest BCUT2D eigenvalue weighted by molar-refractivity contribution is 0.0691. The van der Waals surface area contributed by atoms with Crippen molar-refractivity contribution in [2.45, 2.75) is 33.4 Å². The van der Waals surface area contributed by atoms with Crippen molar-refractivity contribution in [2.24, 2.45) is 0 Å². The molecule has 2 rings (SSSR count). The van der Waals surface area contributed by atoms with E-state index in [4.69, 9.17) is 4.74 Å². The Labute approximate surface area is 117 Å². The van der Waals surface area contributed by atoms with Crippen molar-refractivity contribution in [2.75, 3.05) is 0 Å². The number of hydrogen-bond acceptors (Lipinski definition) is 4. The Bertz CT molecular complexity index is 607. The summed E-state index contributed by atoms with van der Waals surface area (Å²) < 4.78 is 7.34. The number of nitrogens with zero attached hydrogens (tertiary/aromatic N) is 3. The van der Waals surface area contributed by atoms with Gasteiger partial charge < -0.3 is 9.84 Å². The second-order valence-electron chi connectivity index (χ2n) is 4.49. The van der Waals surface area contributed by atoms with Gasteiger partial charge in [-0.25, -0.2) is 14.5 Å². The van der Waals surface area contributed by atoms with Gasteiger partial charge in [0.1, 0.15) is 24.2 Å². The maximum atomic E-state index is 11.2. The molecule has 0 atom stereocenters. The Morgan fingerprint density at radius 1 is 1.45 bits per heavy atom. The monoisotopic (exact) mass is 275 g/mol. The fourth-order valence-corrected chi connectivity index (χ4v) is 1.88. The highest BCUT2D eigenvalue weighted by Gasteiger charge is 2.13. The smallest absolute Gasteiger partial charge is 0.339 e. The number of rotatable bonds is 6. The number of benzene rings is 1. The molecule has 0 radical (unpaired) electrons. The second-order valence-corrected chi connectivity index (χ2v) is 4.49. The van der Waals surface area contributed by atoms with Gasteiger partial charge in [0.05, 0.1) is 0 Å². The Morgan fingerprint density at radius 2 is 2.25 bits per heavy atom. The highest BCUT2D eigenvalue weighted by Crippen LogP contribution is 2.21. The summed E-state index contributed by atoms with van der Waals surface area (Å²) in [6.07, 6.45) is 2.42. The minimum atomic E-state index is -1.00. The summed E-state index contributed by atoms with van der Waals surface area (Å²) in [7, 11) is 0. The minimum Gasteiger partial charge on any atom is -0.485 e. The number of aromatic nitrogens is 3. The molecular weight excluding hydrogens is 258 g/mol. The quantitative estimate of drug-likeness (QED) is 0.875. The first-order valence-corrected chi connectivity index (χ1v) is 6.45. The van der Waals surface area contributed by atoms with Crippen LogP contribution in [-0.2, 0) is 13.2 Å². The lowest BCUT2D eigenvalue weighted by atomic mass is 10.1. The maximum absolute atomic E-state index is 11.2.